The standard InChI is InChI=1S/C22H26N4O3/c1-15-8-18(29-25-15)9-17-13-26(14-21(17)28-3)12-16-10-23-22(24-11-16)19-6-4-5-7-20(19)27-2/h4-8,10-11,17,21H,9,12-14H2,1-3H3/t17-,21+/m1/s1. The smallest absolute Gasteiger partial charge is 0.162 e. The van der Waals surface area contributed by atoms with Gasteiger partial charge in [-0.2, -0.15) is 0 Å². The van der Waals surface area contributed by atoms with E-state index >= 15 is 0 Å². The van der Waals surface area contributed by atoms with Crippen molar-refractivity contribution in [3.05, 3.63) is 59.7 Å². The van der Waals surface area contributed by atoms with Crippen LogP contribution in [-0.4, -0.2) is 53.4 Å². The number of benzene rings is 1. The van der Waals surface area contributed by atoms with Crippen molar-refractivity contribution in [3.63, 3.8) is 0 Å². The fraction of sp³-hybridized carbons (Fsp3) is 0.409. The summed E-state index contributed by atoms with van der Waals surface area (Å²) in [7, 11) is 3.43. The van der Waals surface area contributed by atoms with Crippen LogP contribution in [-0.2, 0) is 17.7 Å². The summed E-state index contributed by atoms with van der Waals surface area (Å²) in [6.45, 7) is 4.55. The van der Waals surface area contributed by atoms with Crippen LogP contribution in [0.1, 0.15) is 17.0 Å². The van der Waals surface area contributed by atoms with Gasteiger partial charge in [-0.3, -0.25) is 4.90 Å². The molecule has 4 rings (SSSR count). The lowest BCUT2D eigenvalue weighted by atomic mass is 10.0. The molecule has 0 radical (unpaired) electrons. The number of nitrogens with zero attached hydrogens (tertiary/aromatic N) is 4. The minimum absolute atomic E-state index is 0.175. The zero-order chi connectivity index (χ0) is 20.2. The van der Waals surface area contributed by atoms with Gasteiger partial charge in [0.25, 0.3) is 0 Å². The van der Waals surface area contributed by atoms with Crippen LogP contribution in [0, 0.1) is 12.8 Å². The summed E-state index contributed by atoms with van der Waals surface area (Å²) in [5, 5.41) is 3.99. The highest BCUT2D eigenvalue weighted by Crippen LogP contribution is 2.28. The number of likely N-dealkylation sites (tertiary alicyclic amines) is 1. The lowest BCUT2D eigenvalue weighted by Crippen LogP contribution is -2.23. The third-order valence-electron chi connectivity index (χ3n) is 5.36. The van der Waals surface area contributed by atoms with E-state index in [1.807, 2.05) is 49.6 Å². The molecule has 0 spiro atoms. The van der Waals surface area contributed by atoms with Crippen LogP contribution in [0.25, 0.3) is 11.4 Å². The zero-order valence-corrected chi connectivity index (χ0v) is 17.0. The molecule has 0 unspecified atom stereocenters. The molecule has 3 aromatic rings. The molecule has 0 saturated carbocycles. The third kappa shape index (κ3) is 4.46. The first-order chi connectivity index (χ1) is 14.2. The molecule has 7 heteroatoms. The first-order valence-electron chi connectivity index (χ1n) is 9.78. The molecule has 1 aliphatic heterocycles. The number of methoxy groups -OCH3 is 2. The van der Waals surface area contributed by atoms with E-state index in [9.17, 15) is 0 Å². The van der Waals surface area contributed by atoms with Crippen molar-refractivity contribution in [2.75, 3.05) is 27.3 Å². The topological polar surface area (TPSA) is 73.5 Å². The van der Waals surface area contributed by atoms with Crippen LogP contribution in [0.3, 0.4) is 0 Å². The van der Waals surface area contributed by atoms with Crippen LogP contribution >= 0.6 is 0 Å². The van der Waals surface area contributed by atoms with Gasteiger partial charge in [0.1, 0.15) is 11.5 Å². The van der Waals surface area contributed by atoms with Gasteiger partial charge >= 0.3 is 0 Å². The normalized spacial score (nSPS) is 19.6. The molecule has 0 amide bonds. The van der Waals surface area contributed by atoms with E-state index in [0.29, 0.717) is 11.7 Å². The van der Waals surface area contributed by atoms with Gasteiger partial charge in [-0.25, -0.2) is 9.97 Å². The van der Waals surface area contributed by atoms with Gasteiger partial charge in [0.2, 0.25) is 0 Å². The number of aryl methyl sites for hydroxylation is 1. The van der Waals surface area contributed by atoms with Crippen molar-refractivity contribution in [1.29, 1.82) is 0 Å². The molecule has 29 heavy (non-hydrogen) atoms. The highest BCUT2D eigenvalue weighted by molar-refractivity contribution is 5.63. The van der Waals surface area contributed by atoms with Crippen molar-refractivity contribution in [3.8, 4) is 17.1 Å². The number of hydrogen-bond acceptors (Lipinski definition) is 7. The maximum Gasteiger partial charge on any atom is 0.162 e. The lowest BCUT2D eigenvalue weighted by Gasteiger charge is -2.15. The average Bonchev–Trinajstić information content (AvgIpc) is 3.34. The van der Waals surface area contributed by atoms with E-state index in [-0.39, 0.29) is 6.10 Å². The Bertz CT molecular complexity index is 941. The van der Waals surface area contributed by atoms with Crippen molar-refractivity contribution in [2.45, 2.75) is 26.0 Å². The predicted octanol–water partition coefficient (Wildman–Crippen LogP) is 3.14. The highest BCUT2D eigenvalue weighted by Gasteiger charge is 2.33. The Labute approximate surface area is 170 Å². The Kier molecular flexibility index (Phi) is 5.87. The van der Waals surface area contributed by atoms with E-state index in [0.717, 1.165) is 54.4 Å². The monoisotopic (exact) mass is 394 g/mol. The van der Waals surface area contributed by atoms with Gasteiger partial charge in [-0.1, -0.05) is 17.3 Å². The molecule has 0 aliphatic carbocycles. The number of hydrogen-bond donors (Lipinski definition) is 0. The van der Waals surface area contributed by atoms with Crippen LogP contribution in [0.4, 0.5) is 0 Å². The Morgan fingerprint density at radius 3 is 2.62 bits per heavy atom. The van der Waals surface area contributed by atoms with Crippen molar-refractivity contribution in [1.82, 2.24) is 20.0 Å². The van der Waals surface area contributed by atoms with Gasteiger partial charge in [0.15, 0.2) is 5.82 Å². The van der Waals surface area contributed by atoms with E-state index in [2.05, 4.69) is 20.0 Å². The molecular weight excluding hydrogens is 368 g/mol. The second-order valence-corrected chi connectivity index (χ2v) is 7.48. The molecule has 2 aromatic heterocycles. The van der Waals surface area contributed by atoms with Crippen molar-refractivity contribution < 1.29 is 14.0 Å². The molecule has 2 atom stereocenters. The summed E-state index contributed by atoms with van der Waals surface area (Å²) >= 11 is 0. The first kappa shape index (κ1) is 19.5. The summed E-state index contributed by atoms with van der Waals surface area (Å²) < 4.78 is 16.5. The minimum atomic E-state index is 0.175. The predicted molar refractivity (Wildman–Crippen MR) is 109 cm³/mol. The van der Waals surface area contributed by atoms with E-state index in [1.54, 1.807) is 14.2 Å². The minimum Gasteiger partial charge on any atom is -0.496 e. The first-order valence-corrected chi connectivity index (χ1v) is 9.78. The second-order valence-electron chi connectivity index (χ2n) is 7.48. The molecular formula is C22H26N4O3. The summed E-state index contributed by atoms with van der Waals surface area (Å²) in [4.78, 5) is 11.5. The Morgan fingerprint density at radius 1 is 1.14 bits per heavy atom. The summed E-state index contributed by atoms with van der Waals surface area (Å²) in [5.41, 5.74) is 2.88. The number of rotatable bonds is 7. The quantitative estimate of drug-likeness (QED) is 0.609. The summed E-state index contributed by atoms with van der Waals surface area (Å²) in [6, 6.07) is 9.78. The Hall–Kier alpha value is -2.77. The van der Waals surface area contributed by atoms with Gasteiger partial charge < -0.3 is 14.0 Å². The fourth-order valence-corrected chi connectivity index (χ4v) is 3.95. The molecule has 0 N–H and O–H groups in total. The lowest BCUT2D eigenvalue weighted by molar-refractivity contribution is 0.0761. The number of aromatic nitrogens is 3. The fourth-order valence-electron chi connectivity index (χ4n) is 3.95. The van der Waals surface area contributed by atoms with Gasteiger partial charge in [-0.05, 0) is 19.1 Å². The van der Waals surface area contributed by atoms with Crippen LogP contribution in [0.2, 0.25) is 0 Å². The molecule has 1 fully saturated rings. The SMILES string of the molecule is COc1ccccc1-c1ncc(CN2C[C@@H](Cc3cc(C)no3)[C@@H](OC)C2)cn1. The highest BCUT2D eigenvalue weighted by atomic mass is 16.5. The van der Waals surface area contributed by atoms with Gasteiger partial charge in [-0.15, -0.1) is 0 Å². The van der Waals surface area contributed by atoms with Gasteiger partial charge in [0, 0.05) is 63.1 Å². The maximum absolute atomic E-state index is 5.72. The molecule has 7 nitrogen and oxygen atoms in total. The second kappa shape index (κ2) is 8.71. The van der Waals surface area contributed by atoms with Crippen molar-refractivity contribution >= 4 is 0 Å². The molecule has 152 valence electrons. The van der Waals surface area contributed by atoms with E-state index in [4.69, 9.17) is 14.0 Å². The molecule has 3 heterocycles. The van der Waals surface area contributed by atoms with Crippen molar-refractivity contribution in [2.24, 2.45) is 5.92 Å². The molecule has 0 bridgehead atoms. The Morgan fingerprint density at radius 2 is 1.93 bits per heavy atom. The van der Waals surface area contributed by atoms with Crippen LogP contribution in [0.15, 0.2) is 47.2 Å². The summed E-state index contributed by atoms with van der Waals surface area (Å²) in [5.74, 6) is 2.73. The largest absolute Gasteiger partial charge is 0.496 e. The molecule has 1 aromatic carbocycles. The van der Waals surface area contributed by atoms with Crippen LogP contribution < -0.4 is 4.74 Å². The summed E-state index contributed by atoms with van der Waals surface area (Å²) in [6.07, 6.45) is 4.79. The number of ether oxygens (including phenoxy) is 2. The number of para-hydroxylation sites is 1. The van der Waals surface area contributed by atoms with E-state index in [1.165, 1.54) is 0 Å². The molecule has 1 saturated heterocycles. The average molecular weight is 394 g/mol. The van der Waals surface area contributed by atoms with Crippen LogP contribution in [0.5, 0.6) is 5.75 Å². The molecule has 1 aliphatic rings. The maximum atomic E-state index is 5.72. The Balaban J connectivity index is 1.41. The third-order valence-corrected chi connectivity index (χ3v) is 5.36. The van der Waals surface area contributed by atoms with E-state index < -0.39 is 0 Å². The zero-order valence-electron chi connectivity index (χ0n) is 17.0. The van der Waals surface area contributed by atoms with Gasteiger partial charge in [0.05, 0.1) is 24.5 Å².